The van der Waals surface area contributed by atoms with Crippen LogP contribution >= 0.6 is 11.3 Å². The van der Waals surface area contributed by atoms with Crippen LogP contribution in [-0.2, 0) is 5.41 Å². The van der Waals surface area contributed by atoms with Crippen molar-refractivity contribution in [1.82, 2.24) is 15.2 Å². The van der Waals surface area contributed by atoms with Crippen molar-refractivity contribution in [3.63, 3.8) is 0 Å². The summed E-state index contributed by atoms with van der Waals surface area (Å²) in [5.74, 6) is 0. The van der Waals surface area contributed by atoms with Crippen LogP contribution in [0.2, 0.25) is 0 Å². The van der Waals surface area contributed by atoms with Crippen LogP contribution in [0.3, 0.4) is 0 Å². The number of nitrogens with zero attached hydrogens (tertiary/aromatic N) is 4. The highest BCUT2D eigenvalue weighted by atomic mass is 32.1. The highest BCUT2D eigenvalue weighted by molar-refractivity contribution is 7.17. The Balaban J connectivity index is 1.65. The van der Waals surface area contributed by atoms with Crippen LogP contribution < -0.4 is 20.3 Å². The molecule has 1 aromatic heterocycles. The van der Waals surface area contributed by atoms with Crippen LogP contribution in [0.4, 0.5) is 20.4 Å². The highest BCUT2D eigenvalue weighted by Gasteiger charge is 2.50. The smallest absolute Gasteiger partial charge is 0.328 e. The van der Waals surface area contributed by atoms with Crippen molar-refractivity contribution in [2.75, 3.05) is 44.0 Å². The van der Waals surface area contributed by atoms with E-state index in [1.807, 2.05) is 6.07 Å². The number of thiazole rings is 1. The SMILES string of the molecule is CNC(=O)N1CC[C@@]2(C1)CN(C(=O)Nc1ncc(OC)s1)c1ccc(C#N)cc12. The van der Waals surface area contributed by atoms with E-state index in [4.69, 9.17) is 4.74 Å². The van der Waals surface area contributed by atoms with Crippen LogP contribution in [0, 0.1) is 11.3 Å². The van der Waals surface area contributed by atoms with E-state index in [0.29, 0.717) is 35.4 Å². The third-order valence-corrected chi connectivity index (χ3v) is 6.32. The van der Waals surface area contributed by atoms with Gasteiger partial charge >= 0.3 is 12.1 Å². The molecule has 3 heterocycles. The average Bonchev–Trinajstić information content (AvgIpc) is 3.45. The van der Waals surface area contributed by atoms with Gasteiger partial charge in [-0.2, -0.15) is 5.26 Å². The van der Waals surface area contributed by atoms with Gasteiger partial charge < -0.3 is 15.0 Å². The average molecular weight is 412 g/mol. The Labute approximate surface area is 171 Å². The molecule has 0 unspecified atom stereocenters. The molecule has 1 atom stereocenters. The number of aromatic nitrogens is 1. The molecule has 1 spiro atoms. The number of fused-ring (bicyclic) bond motifs is 2. The number of benzene rings is 1. The number of methoxy groups -OCH3 is 1. The van der Waals surface area contributed by atoms with Crippen LogP contribution in [0.5, 0.6) is 5.06 Å². The van der Waals surface area contributed by atoms with E-state index in [1.54, 1.807) is 42.3 Å². The molecule has 150 valence electrons. The summed E-state index contributed by atoms with van der Waals surface area (Å²) in [5, 5.41) is 15.9. The summed E-state index contributed by atoms with van der Waals surface area (Å²) >= 11 is 1.24. The number of ether oxygens (including phenoxy) is 1. The summed E-state index contributed by atoms with van der Waals surface area (Å²) in [6.07, 6.45) is 2.27. The predicted molar refractivity (Wildman–Crippen MR) is 109 cm³/mol. The second-order valence-electron chi connectivity index (χ2n) is 7.06. The third-order valence-electron chi connectivity index (χ3n) is 5.45. The first kappa shape index (κ1) is 19.0. The van der Waals surface area contributed by atoms with Gasteiger partial charge in [0, 0.05) is 37.8 Å². The number of urea groups is 2. The lowest BCUT2D eigenvalue weighted by atomic mass is 9.81. The Morgan fingerprint density at radius 1 is 1.34 bits per heavy atom. The molecule has 1 aromatic carbocycles. The van der Waals surface area contributed by atoms with Gasteiger partial charge in [-0.1, -0.05) is 11.3 Å². The quantitative estimate of drug-likeness (QED) is 0.787. The molecular formula is C19H20N6O3S. The van der Waals surface area contributed by atoms with Gasteiger partial charge in [0.05, 0.1) is 24.9 Å². The number of rotatable bonds is 2. The number of nitriles is 1. The molecular weight excluding hydrogens is 392 g/mol. The molecule has 2 aromatic rings. The molecule has 10 heteroatoms. The molecule has 1 saturated heterocycles. The normalized spacial score (nSPS) is 19.8. The molecule has 2 aliphatic heterocycles. The molecule has 2 N–H and O–H groups in total. The molecule has 0 saturated carbocycles. The lowest BCUT2D eigenvalue weighted by Gasteiger charge is -2.25. The second-order valence-corrected chi connectivity index (χ2v) is 8.05. The molecule has 2 aliphatic rings. The van der Waals surface area contributed by atoms with Gasteiger partial charge in [0.15, 0.2) is 10.2 Å². The zero-order chi connectivity index (χ0) is 20.6. The fourth-order valence-electron chi connectivity index (χ4n) is 4.04. The van der Waals surface area contributed by atoms with Crippen molar-refractivity contribution in [3.05, 3.63) is 35.5 Å². The van der Waals surface area contributed by atoms with Gasteiger partial charge in [-0.15, -0.1) is 0 Å². The maximum absolute atomic E-state index is 13.0. The largest absolute Gasteiger partial charge is 0.486 e. The number of amides is 4. The first-order valence-corrected chi connectivity index (χ1v) is 9.91. The minimum atomic E-state index is -0.396. The zero-order valence-electron chi connectivity index (χ0n) is 16.1. The minimum absolute atomic E-state index is 0.141. The number of nitrogens with one attached hydrogen (secondary N) is 2. The third kappa shape index (κ3) is 3.23. The standard InChI is InChI=1S/C19H20N6O3S/c1-21-17(26)24-6-5-19(10-24)11-25(14-4-3-12(8-20)7-13(14)19)18(27)23-16-22-9-15(28-2)29-16/h3-4,7,9H,5-6,10-11H2,1-2H3,(H,21,26)(H,22,23,27)/t19-/m1/s1. The monoisotopic (exact) mass is 412 g/mol. The van der Waals surface area contributed by atoms with Gasteiger partial charge in [-0.25, -0.2) is 14.6 Å². The topological polar surface area (TPSA) is 111 Å². The summed E-state index contributed by atoms with van der Waals surface area (Å²) < 4.78 is 5.12. The Kier molecular flexibility index (Phi) is 4.76. The van der Waals surface area contributed by atoms with Gasteiger partial charge in [-0.05, 0) is 30.2 Å². The van der Waals surface area contributed by atoms with Crippen molar-refractivity contribution >= 4 is 34.2 Å². The maximum Gasteiger partial charge on any atom is 0.328 e. The fraction of sp³-hybridized carbons (Fsp3) is 0.368. The number of likely N-dealkylation sites (tertiary alicyclic amines) is 1. The summed E-state index contributed by atoms with van der Waals surface area (Å²) in [5.41, 5.74) is 1.82. The van der Waals surface area contributed by atoms with E-state index in [9.17, 15) is 14.9 Å². The van der Waals surface area contributed by atoms with Crippen LogP contribution in [0.1, 0.15) is 17.5 Å². The Bertz CT molecular complexity index is 1020. The van der Waals surface area contributed by atoms with Crippen molar-refractivity contribution in [1.29, 1.82) is 5.26 Å². The lowest BCUT2D eigenvalue weighted by Crippen LogP contribution is -2.43. The van der Waals surface area contributed by atoms with Crippen molar-refractivity contribution in [2.45, 2.75) is 11.8 Å². The minimum Gasteiger partial charge on any atom is -0.486 e. The first-order valence-electron chi connectivity index (χ1n) is 9.09. The van der Waals surface area contributed by atoms with E-state index < -0.39 is 5.41 Å². The molecule has 0 aliphatic carbocycles. The number of hydrogen-bond donors (Lipinski definition) is 2. The van der Waals surface area contributed by atoms with Crippen LogP contribution in [0.15, 0.2) is 24.4 Å². The van der Waals surface area contributed by atoms with E-state index >= 15 is 0 Å². The summed E-state index contributed by atoms with van der Waals surface area (Å²) in [7, 11) is 3.15. The van der Waals surface area contributed by atoms with Gasteiger partial charge in [0.25, 0.3) is 0 Å². The van der Waals surface area contributed by atoms with Crippen LogP contribution in [0.25, 0.3) is 0 Å². The lowest BCUT2D eigenvalue weighted by molar-refractivity contribution is 0.208. The van der Waals surface area contributed by atoms with Gasteiger partial charge in [0.1, 0.15) is 0 Å². The molecule has 9 nitrogen and oxygen atoms in total. The summed E-state index contributed by atoms with van der Waals surface area (Å²) in [6.45, 7) is 1.51. The zero-order valence-corrected chi connectivity index (χ0v) is 16.9. The van der Waals surface area contributed by atoms with Crippen molar-refractivity contribution in [3.8, 4) is 11.1 Å². The van der Waals surface area contributed by atoms with Gasteiger partial charge in [0.2, 0.25) is 0 Å². The van der Waals surface area contributed by atoms with E-state index in [0.717, 1.165) is 17.7 Å². The molecule has 29 heavy (non-hydrogen) atoms. The van der Waals surface area contributed by atoms with Crippen molar-refractivity contribution in [2.24, 2.45) is 0 Å². The molecule has 4 rings (SSSR count). The van der Waals surface area contributed by atoms with E-state index in [-0.39, 0.29) is 12.1 Å². The van der Waals surface area contributed by atoms with Crippen molar-refractivity contribution < 1.29 is 14.3 Å². The summed E-state index contributed by atoms with van der Waals surface area (Å²) in [6, 6.07) is 7.06. The Morgan fingerprint density at radius 3 is 2.86 bits per heavy atom. The molecule has 1 fully saturated rings. The molecule has 0 bridgehead atoms. The van der Waals surface area contributed by atoms with Gasteiger partial charge in [-0.3, -0.25) is 10.2 Å². The number of carbonyl (C=O) groups is 2. The molecule has 0 radical (unpaired) electrons. The number of anilines is 2. The fourth-order valence-corrected chi connectivity index (χ4v) is 4.67. The number of hydrogen-bond acceptors (Lipinski definition) is 6. The Hall–Kier alpha value is -3.32. The maximum atomic E-state index is 13.0. The molecule has 4 amide bonds. The first-order chi connectivity index (χ1) is 14.0. The van der Waals surface area contributed by atoms with Crippen LogP contribution in [-0.4, -0.2) is 55.7 Å². The van der Waals surface area contributed by atoms with E-state index in [1.165, 1.54) is 11.3 Å². The Morgan fingerprint density at radius 2 is 2.17 bits per heavy atom. The highest BCUT2D eigenvalue weighted by Crippen LogP contribution is 2.47. The van der Waals surface area contributed by atoms with E-state index in [2.05, 4.69) is 21.7 Å². The predicted octanol–water partition coefficient (Wildman–Crippen LogP) is 2.36. The summed E-state index contributed by atoms with van der Waals surface area (Å²) in [4.78, 5) is 32.7. The second kappa shape index (κ2) is 7.25. The number of carbonyl (C=O) groups excluding carboxylic acids is 2.